The Kier molecular flexibility index (Phi) is 4.91. The van der Waals surface area contributed by atoms with Gasteiger partial charge in [-0.2, -0.15) is 0 Å². The molecule has 0 spiro atoms. The smallest absolute Gasteiger partial charge is 0.225 e. The van der Waals surface area contributed by atoms with Crippen molar-refractivity contribution < 1.29 is 14.3 Å². The minimum absolute atomic E-state index is 0.0421. The van der Waals surface area contributed by atoms with Gasteiger partial charge < -0.3 is 14.8 Å². The lowest BCUT2D eigenvalue weighted by atomic mass is 9.75. The molecule has 2 aromatic rings. The normalized spacial score (nSPS) is 30.5. The first kappa shape index (κ1) is 18.8. The number of hydrogen-bond donors (Lipinski definition) is 2. The summed E-state index contributed by atoms with van der Waals surface area (Å²) in [4.78, 5) is 15.1. The molecule has 1 unspecified atom stereocenters. The van der Waals surface area contributed by atoms with E-state index in [-0.39, 0.29) is 11.8 Å². The molecular formula is C21H29N5O3. The molecule has 156 valence electrons. The maximum Gasteiger partial charge on any atom is 0.225 e. The number of carbonyl (C=O) groups excluding carboxylic acids is 1. The van der Waals surface area contributed by atoms with Crippen LogP contribution in [-0.4, -0.2) is 50.0 Å². The second kappa shape index (κ2) is 7.57. The van der Waals surface area contributed by atoms with Crippen molar-refractivity contribution in [1.29, 1.82) is 0 Å². The highest BCUT2D eigenvalue weighted by atomic mass is 16.3. The molecule has 1 amide bonds. The molecule has 2 N–H and O–H groups in total. The van der Waals surface area contributed by atoms with Crippen molar-refractivity contribution in [2.45, 2.75) is 63.3 Å². The molecule has 3 saturated heterocycles. The second-order valence-corrected chi connectivity index (χ2v) is 8.90. The third-order valence-electron chi connectivity index (χ3n) is 7.08. The van der Waals surface area contributed by atoms with E-state index in [1.54, 1.807) is 6.26 Å². The molecule has 8 nitrogen and oxygen atoms in total. The van der Waals surface area contributed by atoms with Crippen molar-refractivity contribution >= 4 is 5.91 Å². The molecule has 0 radical (unpaired) electrons. The van der Waals surface area contributed by atoms with Gasteiger partial charge in [-0.15, -0.1) is 5.10 Å². The van der Waals surface area contributed by atoms with E-state index in [1.165, 1.54) is 0 Å². The minimum atomic E-state index is -0.790. The van der Waals surface area contributed by atoms with Crippen LogP contribution in [0.5, 0.6) is 0 Å². The van der Waals surface area contributed by atoms with E-state index in [0.29, 0.717) is 24.2 Å². The highest BCUT2D eigenvalue weighted by molar-refractivity contribution is 5.79. The van der Waals surface area contributed by atoms with Gasteiger partial charge in [-0.1, -0.05) is 18.1 Å². The second-order valence-electron chi connectivity index (χ2n) is 8.90. The van der Waals surface area contributed by atoms with Crippen LogP contribution in [-0.2, 0) is 23.5 Å². The fourth-order valence-electron chi connectivity index (χ4n) is 5.38. The quantitative estimate of drug-likeness (QED) is 0.767. The van der Waals surface area contributed by atoms with Gasteiger partial charge in [0.05, 0.1) is 31.5 Å². The van der Waals surface area contributed by atoms with Gasteiger partial charge in [0.15, 0.2) is 0 Å². The predicted molar refractivity (Wildman–Crippen MR) is 105 cm³/mol. The van der Waals surface area contributed by atoms with Crippen LogP contribution in [0.15, 0.2) is 29.0 Å². The zero-order valence-corrected chi connectivity index (χ0v) is 16.7. The van der Waals surface area contributed by atoms with Crippen molar-refractivity contribution in [3.8, 4) is 0 Å². The number of hydrogen-bond acceptors (Lipinski definition) is 6. The van der Waals surface area contributed by atoms with Gasteiger partial charge in [-0.05, 0) is 50.3 Å². The fraction of sp³-hybridized carbons (Fsp3) is 0.667. The van der Waals surface area contributed by atoms with E-state index in [4.69, 9.17) is 4.42 Å². The number of aliphatic hydroxyl groups is 1. The average Bonchev–Trinajstić information content (AvgIpc) is 3.49. The van der Waals surface area contributed by atoms with Crippen molar-refractivity contribution in [3.63, 3.8) is 0 Å². The number of nitrogens with zero attached hydrogens (tertiary/aromatic N) is 4. The lowest BCUT2D eigenvalue weighted by Crippen LogP contribution is -2.57. The van der Waals surface area contributed by atoms with E-state index in [9.17, 15) is 9.90 Å². The molecule has 3 aliphatic heterocycles. The Bertz CT molecular complexity index is 842. The summed E-state index contributed by atoms with van der Waals surface area (Å²) in [6.45, 7) is 3.04. The molecule has 4 atom stereocenters. The standard InChI is InChI=1S/C21H29N5O3/c27-20(22-11-17-4-3-9-29-17)18-13-25-8-5-15(18)10-16(25)12-26-14-19(23-24-26)21(28)6-1-2-7-21/h3-4,9,14-16,18,28H,1-2,5-8,10-13H2,(H,22,27)/t15-,16+,18+/m0/s1. The molecule has 0 aromatic carbocycles. The van der Waals surface area contributed by atoms with E-state index in [1.807, 2.05) is 23.0 Å². The first-order chi connectivity index (χ1) is 14.1. The number of piperidine rings is 3. The van der Waals surface area contributed by atoms with Gasteiger partial charge in [-0.3, -0.25) is 14.4 Å². The topological polar surface area (TPSA) is 96.4 Å². The number of aromatic nitrogens is 3. The number of fused-ring (bicyclic) bond motifs is 3. The number of furan rings is 1. The van der Waals surface area contributed by atoms with Crippen LogP contribution < -0.4 is 5.32 Å². The molecule has 6 rings (SSSR count). The number of rotatable bonds is 6. The fourth-order valence-corrected chi connectivity index (χ4v) is 5.38. The summed E-state index contributed by atoms with van der Waals surface area (Å²) in [7, 11) is 0. The van der Waals surface area contributed by atoms with Gasteiger partial charge in [0.25, 0.3) is 0 Å². The first-order valence-corrected chi connectivity index (χ1v) is 10.8. The van der Waals surface area contributed by atoms with Crippen LogP contribution in [0.2, 0.25) is 0 Å². The molecule has 2 aromatic heterocycles. The molecule has 5 heterocycles. The highest BCUT2D eigenvalue weighted by Crippen LogP contribution is 2.38. The predicted octanol–water partition coefficient (Wildman–Crippen LogP) is 1.66. The van der Waals surface area contributed by atoms with Gasteiger partial charge in [0, 0.05) is 12.6 Å². The molecule has 29 heavy (non-hydrogen) atoms. The molecule has 4 fully saturated rings. The zero-order valence-electron chi connectivity index (χ0n) is 16.7. The monoisotopic (exact) mass is 399 g/mol. The van der Waals surface area contributed by atoms with Crippen molar-refractivity contribution in [3.05, 3.63) is 36.0 Å². The molecule has 2 bridgehead atoms. The maximum absolute atomic E-state index is 12.7. The third-order valence-corrected chi connectivity index (χ3v) is 7.08. The van der Waals surface area contributed by atoms with Crippen molar-refractivity contribution in [1.82, 2.24) is 25.2 Å². The Balaban J connectivity index is 1.18. The Hall–Kier alpha value is -2.19. The summed E-state index contributed by atoms with van der Waals surface area (Å²) in [5, 5.41) is 22.3. The van der Waals surface area contributed by atoms with E-state index >= 15 is 0 Å². The van der Waals surface area contributed by atoms with E-state index < -0.39 is 5.60 Å². The van der Waals surface area contributed by atoms with E-state index in [0.717, 1.165) is 63.9 Å². The first-order valence-electron chi connectivity index (χ1n) is 10.8. The summed E-state index contributed by atoms with van der Waals surface area (Å²) in [6.07, 6.45) is 9.26. The highest BCUT2D eigenvalue weighted by Gasteiger charge is 2.43. The average molecular weight is 399 g/mol. The summed E-state index contributed by atoms with van der Waals surface area (Å²) >= 11 is 0. The molecule has 1 saturated carbocycles. The van der Waals surface area contributed by atoms with Crippen molar-refractivity contribution in [2.75, 3.05) is 13.1 Å². The Morgan fingerprint density at radius 2 is 2.24 bits per heavy atom. The van der Waals surface area contributed by atoms with Gasteiger partial charge >= 0.3 is 0 Å². The molecule has 8 heteroatoms. The van der Waals surface area contributed by atoms with Gasteiger partial charge in [0.2, 0.25) is 5.91 Å². The summed E-state index contributed by atoms with van der Waals surface area (Å²) in [5.41, 5.74) is -0.0810. The lowest BCUT2D eigenvalue weighted by molar-refractivity contribution is -0.133. The third kappa shape index (κ3) is 3.71. The summed E-state index contributed by atoms with van der Waals surface area (Å²) in [6, 6.07) is 4.08. The van der Waals surface area contributed by atoms with Gasteiger partial charge in [-0.25, -0.2) is 0 Å². The van der Waals surface area contributed by atoms with Gasteiger partial charge in [0.1, 0.15) is 17.1 Å². The molecule has 4 aliphatic rings. The Morgan fingerprint density at radius 1 is 1.38 bits per heavy atom. The minimum Gasteiger partial charge on any atom is -0.467 e. The molecular weight excluding hydrogens is 370 g/mol. The van der Waals surface area contributed by atoms with Crippen LogP contribution >= 0.6 is 0 Å². The number of nitrogens with one attached hydrogen (secondary N) is 1. The maximum atomic E-state index is 12.7. The SMILES string of the molecule is O=C(NCc1ccco1)[C@@H]1CN2CC[C@H]1C[C@@H]2Cn1cc(C2(O)CCCC2)nn1. The van der Waals surface area contributed by atoms with Crippen molar-refractivity contribution in [2.24, 2.45) is 11.8 Å². The number of amides is 1. The van der Waals surface area contributed by atoms with Crippen LogP contribution in [0.4, 0.5) is 0 Å². The Labute approximate surface area is 170 Å². The van der Waals surface area contributed by atoms with Crippen LogP contribution in [0, 0.1) is 11.8 Å². The van der Waals surface area contributed by atoms with Crippen LogP contribution in [0.25, 0.3) is 0 Å². The van der Waals surface area contributed by atoms with E-state index in [2.05, 4.69) is 20.5 Å². The molecule has 1 aliphatic carbocycles. The van der Waals surface area contributed by atoms with Crippen LogP contribution in [0.1, 0.15) is 50.0 Å². The summed E-state index contributed by atoms with van der Waals surface area (Å²) < 4.78 is 7.18. The number of carbonyl (C=O) groups is 1. The lowest BCUT2D eigenvalue weighted by Gasteiger charge is -2.49. The summed E-state index contributed by atoms with van der Waals surface area (Å²) in [5.74, 6) is 1.36. The largest absolute Gasteiger partial charge is 0.467 e. The zero-order chi connectivity index (χ0) is 19.8. The van der Waals surface area contributed by atoms with Crippen LogP contribution in [0.3, 0.4) is 0 Å². The Morgan fingerprint density at radius 3 is 2.97 bits per heavy atom.